The van der Waals surface area contributed by atoms with Crippen molar-refractivity contribution in [3.8, 4) is 0 Å². The lowest BCUT2D eigenvalue weighted by molar-refractivity contribution is -0.127. The summed E-state index contributed by atoms with van der Waals surface area (Å²) in [7, 11) is 0. The summed E-state index contributed by atoms with van der Waals surface area (Å²) in [6.45, 7) is 11.4. The molecule has 0 aromatic carbocycles. The normalized spacial score (nSPS) is 11.7. The van der Waals surface area contributed by atoms with Crippen LogP contribution in [0.4, 0.5) is 4.39 Å². The predicted molar refractivity (Wildman–Crippen MR) is 95.2 cm³/mol. The van der Waals surface area contributed by atoms with Gasteiger partial charge in [-0.25, -0.2) is 4.39 Å². The fraction of sp³-hybridized carbons (Fsp3) is 0.882. The van der Waals surface area contributed by atoms with Crippen LogP contribution in [0.5, 0.6) is 0 Å². The number of amides is 2. The Kier molecular flexibility index (Phi) is 19.8. The topological polar surface area (TPSA) is 85.9 Å². The largest absolute Gasteiger partial charge is 0.377 e. The number of halogens is 1. The molecule has 0 aromatic rings. The summed E-state index contributed by atoms with van der Waals surface area (Å²) in [5, 5.41) is 4.87. The molecule has 7 nitrogen and oxygen atoms in total. The maximum atomic E-state index is 13.0. The smallest absolute Gasteiger partial charge is 0.246 e. The summed E-state index contributed by atoms with van der Waals surface area (Å²) < 4.78 is 28.3. The molecule has 0 aliphatic rings. The van der Waals surface area contributed by atoms with E-state index in [0.717, 1.165) is 5.92 Å². The van der Waals surface area contributed by atoms with Crippen LogP contribution in [-0.4, -0.2) is 70.7 Å². The molecule has 0 spiro atoms. The standard InChI is InChI=1S/C13H25FN2O5.C4H10/c1-11(2)21-9-13(18)16-3-4-19-5-6-20-8-12(14)7-15-10-17;1-4(2)3/h10-12H,3-9H2,1-2H3,(H,15,17)(H,16,18);4H,1-3H3. The highest BCUT2D eigenvalue weighted by Gasteiger charge is 2.05. The van der Waals surface area contributed by atoms with Gasteiger partial charge in [0.25, 0.3) is 0 Å². The van der Waals surface area contributed by atoms with E-state index >= 15 is 0 Å². The number of carbonyl (C=O) groups is 2. The van der Waals surface area contributed by atoms with Gasteiger partial charge in [-0.3, -0.25) is 9.59 Å². The second-order valence-electron chi connectivity index (χ2n) is 6.25. The number of nitrogens with one attached hydrogen (secondary N) is 2. The molecule has 0 bridgehead atoms. The molecule has 0 saturated carbocycles. The molecular formula is C17H35FN2O5. The molecule has 1 atom stereocenters. The molecule has 2 N–H and O–H groups in total. The molecule has 0 aliphatic heterocycles. The van der Waals surface area contributed by atoms with E-state index in [4.69, 9.17) is 14.2 Å². The fourth-order valence-corrected chi connectivity index (χ4v) is 1.22. The molecule has 8 heteroatoms. The zero-order valence-corrected chi connectivity index (χ0v) is 16.2. The van der Waals surface area contributed by atoms with E-state index < -0.39 is 6.17 Å². The maximum Gasteiger partial charge on any atom is 0.246 e. The third kappa shape index (κ3) is 27.9. The van der Waals surface area contributed by atoms with Crippen LogP contribution in [0.3, 0.4) is 0 Å². The molecule has 0 radical (unpaired) electrons. The van der Waals surface area contributed by atoms with Gasteiger partial charge in [0.1, 0.15) is 12.8 Å². The highest BCUT2D eigenvalue weighted by atomic mass is 19.1. The Morgan fingerprint density at radius 1 is 1.08 bits per heavy atom. The van der Waals surface area contributed by atoms with Crippen molar-refractivity contribution in [3.05, 3.63) is 0 Å². The quantitative estimate of drug-likeness (QED) is 0.358. The van der Waals surface area contributed by atoms with E-state index in [2.05, 4.69) is 31.4 Å². The van der Waals surface area contributed by atoms with Crippen LogP contribution in [0.1, 0.15) is 34.6 Å². The Bertz CT molecular complexity index is 315. The van der Waals surface area contributed by atoms with Gasteiger partial charge in [0.2, 0.25) is 12.3 Å². The Morgan fingerprint density at radius 3 is 2.24 bits per heavy atom. The van der Waals surface area contributed by atoms with E-state index in [0.29, 0.717) is 26.2 Å². The summed E-state index contributed by atoms with van der Waals surface area (Å²) in [6.07, 6.45) is -0.767. The summed E-state index contributed by atoms with van der Waals surface area (Å²) >= 11 is 0. The summed E-state index contributed by atoms with van der Waals surface area (Å²) in [5.41, 5.74) is 0. The van der Waals surface area contributed by atoms with E-state index in [1.165, 1.54) is 0 Å². The molecule has 2 amide bonds. The number of ether oxygens (including phenoxy) is 3. The van der Waals surface area contributed by atoms with Crippen LogP contribution >= 0.6 is 0 Å². The van der Waals surface area contributed by atoms with Crippen molar-refractivity contribution in [1.82, 2.24) is 10.6 Å². The minimum atomic E-state index is -1.23. The predicted octanol–water partition coefficient (Wildman–Crippen LogP) is 1.31. The molecule has 0 rings (SSSR count). The number of rotatable bonds is 14. The number of carbonyl (C=O) groups excluding carboxylic acids is 2. The van der Waals surface area contributed by atoms with Gasteiger partial charge in [0, 0.05) is 6.54 Å². The lowest BCUT2D eigenvalue weighted by atomic mass is 10.3. The molecule has 0 aromatic heterocycles. The van der Waals surface area contributed by atoms with Gasteiger partial charge < -0.3 is 24.8 Å². The van der Waals surface area contributed by atoms with Gasteiger partial charge in [-0.1, -0.05) is 20.8 Å². The van der Waals surface area contributed by atoms with Crippen LogP contribution in [0.15, 0.2) is 0 Å². The monoisotopic (exact) mass is 366 g/mol. The SMILES string of the molecule is CC(C)C.CC(C)OCC(=O)NCCOCCOCC(F)CNC=O. The average molecular weight is 366 g/mol. The van der Waals surface area contributed by atoms with Crippen LogP contribution in [0.25, 0.3) is 0 Å². The maximum absolute atomic E-state index is 13.0. The molecule has 0 fully saturated rings. The Morgan fingerprint density at radius 2 is 1.68 bits per heavy atom. The number of alkyl halides is 1. The second-order valence-corrected chi connectivity index (χ2v) is 6.25. The number of hydrogen-bond acceptors (Lipinski definition) is 5. The van der Waals surface area contributed by atoms with Crippen molar-refractivity contribution in [2.75, 3.05) is 46.1 Å². The first kappa shape index (κ1) is 26.0. The van der Waals surface area contributed by atoms with Crippen molar-refractivity contribution in [3.63, 3.8) is 0 Å². The third-order valence-corrected chi connectivity index (χ3v) is 2.21. The molecule has 0 saturated heterocycles. The van der Waals surface area contributed by atoms with E-state index in [1.54, 1.807) is 0 Å². The first-order valence-corrected chi connectivity index (χ1v) is 8.64. The highest BCUT2D eigenvalue weighted by molar-refractivity contribution is 5.77. The Hall–Kier alpha value is -1.25. The minimum Gasteiger partial charge on any atom is -0.377 e. The van der Waals surface area contributed by atoms with Gasteiger partial charge in [0.05, 0.1) is 39.1 Å². The average Bonchev–Trinajstić information content (AvgIpc) is 2.52. The first-order valence-electron chi connectivity index (χ1n) is 8.64. The van der Waals surface area contributed by atoms with Crippen LogP contribution < -0.4 is 10.6 Å². The van der Waals surface area contributed by atoms with Gasteiger partial charge >= 0.3 is 0 Å². The molecule has 150 valence electrons. The Labute approximate surface area is 151 Å². The van der Waals surface area contributed by atoms with Gasteiger partial charge in [-0.05, 0) is 19.8 Å². The van der Waals surface area contributed by atoms with Crippen LogP contribution in [-0.2, 0) is 23.8 Å². The van der Waals surface area contributed by atoms with Crippen molar-refractivity contribution in [2.45, 2.75) is 46.9 Å². The van der Waals surface area contributed by atoms with Gasteiger partial charge in [-0.2, -0.15) is 0 Å². The summed E-state index contributed by atoms with van der Waals surface area (Å²) in [4.78, 5) is 21.2. The van der Waals surface area contributed by atoms with Gasteiger partial charge in [0.15, 0.2) is 0 Å². The molecule has 1 unspecified atom stereocenters. The summed E-state index contributed by atoms with van der Waals surface area (Å²) in [5.74, 6) is 0.645. The minimum absolute atomic E-state index is 0.0187. The molecule has 0 heterocycles. The summed E-state index contributed by atoms with van der Waals surface area (Å²) in [6, 6.07) is 0. The van der Waals surface area contributed by atoms with Crippen molar-refractivity contribution < 1.29 is 28.2 Å². The molecular weight excluding hydrogens is 331 g/mol. The second kappa shape index (κ2) is 19.1. The molecule has 25 heavy (non-hydrogen) atoms. The van der Waals surface area contributed by atoms with Crippen molar-refractivity contribution in [1.29, 1.82) is 0 Å². The van der Waals surface area contributed by atoms with E-state index in [1.807, 2.05) is 13.8 Å². The third-order valence-electron chi connectivity index (χ3n) is 2.21. The van der Waals surface area contributed by atoms with Crippen LogP contribution in [0, 0.1) is 5.92 Å². The highest BCUT2D eigenvalue weighted by Crippen LogP contribution is 1.90. The van der Waals surface area contributed by atoms with E-state index in [9.17, 15) is 14.0 Å². The zero-order chi connectivity index (χ0) is 19.5. The Balaban J connectivity index is 0. The van der Waals surface area contributed by atoms with E-state index in [-0.39, 0.29) is 38.4 Å². The van der Waals surface area contributed by atoms with Crippen molar-refractivity contribution >= 4 is 12.3 Å². The van der Waals surface area contributed by atoms with Crippen molar-refractivity contribution in [2.24, 2.45) is 5.92 Å². The fourth-order valence-electron chi connectivity index (χ4n) is 1.22. The first-order chi connectivity index (χ1) is 11.8. The molecule has 0 aliphatic carbocycles. The zero-order valence-electron chi connectivity index (χ0n) is 16.2. The van der Waals surface area contributed by atoms with Crippen LogP contribution in [0.2, 0.25) is 0 Å². The number of hydrogen-bond donors (Lipinski definition) is 2. The lowest BCUT2D eigenvalue weighted by Crippen LogP contribution is -2.31. The lowest BCUT2D eigenvalue weighted by Gasteiger charge is -2.10. The van der Waals surface area contributed by atoms with Gasteiger partial charge in [-0.15, -0.1) is 0 Å².